The van der Waals surface area contributed by atoms with Crippen LogP contribution in [0.2, 0.25) is 0 Å². The molecule has 0 amide bonds. The highest BCUT2D eigenvalue weighted by atomic mass is 32.1. The van der Waals surface area contributed by atoms with E-state index >= 15 is 0 Å². The quantitative estimate of drug-likeness (QED) is 0.684. The number of phenols is 1. The van der Waals surface area contributed by atoms with Crippen molar-refractivity contribution >= 4 is 17.3 Å². The number of methoxy groups -OCH3 is 1. The molecule has 0 radical (unpaired) electrons. The predicted molar refractivity (Wildman–Crippen MR) is 68.7 cm³/mol. The van der Waals surface area contributed by atoms with E-state index in [9.17, 15) is 9.90 Å². The van der Waals surface area contributed by atoms with Crippen molar-refractivity contribution in [3.05, 3.63) is 40.1 Å². The highest BCUT2D eigenvalue weighted by molar-refractivity contribution is 7.13. The smallest absolute Gasteiger partial charge is 0.353 e. The second-order valence-corrected chi connectivity index (χ2v) is 4.92. The fourth-order valence-corrected chi connectivity index (χ4v) is 2.18. The highest BCUT2D eigenvalue weighted by Gasteiger charge is 2.12. The van der Waals surface area contributed by atoms with Gasteiger partial charge in [0.15, 0.2) is 11.5 Å². The largest absolute Gasteiger partial charge is 0.504 e. The molecule has 1 aromatic carbocycles. The summed E-state index contributed by atoms with van der Waals surface area (Å²) in [4.78, 5) is 13.3. The average molecular weight is 264 g/mol. The number of ether oxygens (including phenoxy) is 2. The molecule has 5 heteroatoms. The van der Waals surface area contributed by atoms with Crippen LogP contribution in [0.15, 0.2) is 30.3 Å². The molecular formula is C13H12O4S. The van der Waals surface area contributed by atoms with Crippen molar-refractivity contribution in [2.45, 2.75) is 6.92 Å². The number of thiophene rings is 1. The Hall–Kier alpha value is -2.01. The SMILES string of the molecule is COc1ccc(OC(=O)c2ccc(C)s2)cc1O. The second-order valence-electron chi connectivity index (χ2n) is 3.63. The average Bonchev–Trinajstić information content (AvgIpc) is 2.76. The van der Waals surface area contributed by atoms with E-state index in [-0.39, 0.29) is 11.5 Å². The molecule has 0 aliphatic heterocycles. The van der Waals surface area contributed by atoms with Crippen molar-refractivity contribution in [3.8, 4) is 17.2 Å². The van der Waals surface area contributed by atoms with E-state index in [4.69, 9.17) is 9.47 Å². The van der Waals surface area contributed by atoms with Gasteiger partial charge in [0.25, 0.3) is 0 Å². The third-order valence-corrected chi connectivity index (χ3v) is 3.28. The summed E-state index contributed by atoms with van der Waals surface area (Å²) in [6, 6.07) is 8.02. The zero-order valence-corrected chi connectivity index (χ0v) is 10.8. The molecule has 2 aromatic rings. The number of hydrogen-bond acceptors (Lipinski definition) is 5. The molecule has 4 nitrogen and oxygen atoms in total. The number of rotatable bonds is 3. The molecule has 0 unspecified atom stereocenters. The Morgan fingerprint density at radius 3 is 2.61 bits per heavy atom. The van der Waals surface area contributed by atoms with Gasteiger partial charge in [-0.05, 0) is 31.2 Å². The standard InChI is InChI=1S/C13H12O4S/c1-8-3-6-12(18-8)13(15)17-9-4-5-11(16-2)10(14)7-9/h3-7,14H,1-2H3. The normalized spacial score (nSPS) is 10.1. The molecule has 1 N–H and O–H groups in total. The van der Waals surface area contributed by atoms with Gasteiger partial charge in [0.05, 0.1) is 7.11 Å². The predicted octanol–water partition coefficient (Wildman–Crippen LogP) is 2.99. The Morgan fingerprint density at radius 2 is 2.06 bits per heavy atom. The molecule has 0 fully saturated rings. The van der Waals surface area contributed by atoms with E-state index < -0.39 is 5.97 Å². The molecule has 1 aromatic heterocycles. The molecule has 0 atom stereocenters. The van der Waals surface area contributed by atoms with Crippen molar-refractivity contribution in [1.82, 2.24) is 0 Å². The fraction of sp³-hybridized carbons (Fsp3) is 0.154. The topological polar surface area (TPSA) is 55.8 Å². The number of hydrogen-bond donors (Lipinski definition) is 1. The Morgan fingerprint density at radius 1 is 1.28 bits per heavy atom. The van der Waals surface area contributed by atoms with Gasteiger partial charge in [-0.2, -0.15) is 0 Å². The van der Waals surface area contributed by atoms with Gasteiger partial charge in [-0.25, -0.2) is 4.79 Å². The summed E-state index contributed by atoms with van der Waals surface area (Å²) in [7, 11) is 1.45. The molecule has 0 spiro atoms. The van der Waals surface area contributed by atoms with Crippen LogP contribution in [0.5, 0.6) is 17.2 Å². The number of carbonyl (C=O) groups is 1. The van der Waals surface area contributed by atoms with Crippen LogP contribution in [0.4, 0.5) is 0 Å². The second kappa shape index (κ2) is 5.10. The van der Waals surface area contributed by atoms with E-state index in [1.807, 2.05) is 13.0 Å². The lowest BCUT2D eigenvalue weighted by atomic mass is 10.3. The number of aryl methyl sites for hydroxylation is 1. The molecule has 94 valence electrons. The van der Waals surface area contributed by atoms with E-state index in [0.29, 0.717) is 10.6 Å². The van der Waals surface area contributed by atoms with E-state index in [2.05, 4.69) is 0 Å². The summed E-state index contributed by atoms with van der Waals surface area (Å²) in [6.45, 7) is 1.92. The van der Waals surface area contributed by atoms with Gasteiger partial charge in [0.1, 0.15) is 10.6 Å². The van der Waals surface area contributed by atoms with Gasteiger partial charge < -0.3 is 14.6 Å². The molecule has 18 heavy (non-hydrogen) atoms. The maximum absolute atomic E-state index is 11.8. The minimum Gasteiger partial charge on any atom is -0.504 e. The summed E-state index contributed by atoms with van der Waals surface area (Å²) in [5, 5.41) is 9.57. The lowest BCUT2D eigenvalue weighted by Crippen LogP contribution is -2.06. The summed E-state index contributed by atoms with van der Waals surface area (Å²) in [6.07, 6.45) is 0. The van der Waals surface area contributed by atoms with Gasteiger partial charge >= 0.3 is 5.97 Å². The van der Waals surface area contributed by atoms with E-state index in [1.165, 1.54) is 30.6 Å². The molecule has 1 heterocycles. The first-order valence-corrected chi connectivity index (χ1v) is 6.07. The Kier molecular flexibility index (Phi) is 3.53. The summed E-state index contributed by atoms with van der Waals surface area (Å²) in [5.41, 5.74) is 0. The van der Waals surface area contributed by atoms with Crippen molar-refractivity contribution in [2.75, 3.05) is 7.11 Å². The Bertz CT molecular complexity index is 574. The van der Waals surface area contributed by atoms with Crippen molar-refractivity contribution in [3.63, 3.8) is 0 Å². The number of carbonyl (C=O) groups excluding carboxylic acids is 1. The highest BCUT2D eigenvalue weighted by Crippen LogP contribution is 2.30. The minimum absolute atomic E-state index is 0.0647. The van der Waals surface area contributed by atoms with Crippen molar-refractivity contribution in [1.29, 1.82) is 0 Å². The molecule has 0 bridgehead atoms. The number of esters is 1. The van der Waals surface area contributed by atoms with Crippen LogP contribution in [0, 0.1) is 6.92 Å². The molecule has 0 saturated carbocycles. The first-order chi connectivity index (χ1) is 8.60. The molecule has 0 saturated heterocycles. The number of phenolic OH excluding ortho intramolecular Hbond substituents is 1. The zero-order valence-electron chi connectivity index (χ0n) is 9.97. The first kappa shape index (κ1) is 12.4. The Balaban J connectivity index is 2.14. The lowest BCUT2D eigenvalue weighted by molar-refractivity contribution is 0.0739. The van der Waals surface area contributed by atoms with Gasteiger partial charge in [-0.1, -0.05) is 0 Å². The molecular weight excluding hydrogens is 252 g/mol. The number of benzene rings is 1. The third kappa shape index (κ3) is 2.62. The van der Waals surface area contributed by atoms with Crippen LogP contribution in [-0.4, -0.2) is 18.2 Å². The van der Waals surface area contributed by atoms with Crippen LogP contribution in [0.3, 0.4) is 0 Å². The van der Waals surface area contributed by atoms with Crippen LogP contribution in [0.25, 0.3) is 0 Å². The fourth-order valence-electron chi connectivity index (χ4n) is 1.43. The summed E-state index contributed by atoms with van der Waals surface area (Å²) in [5.74, 6) is 0.119. The van der Waals surface area contributed by atoms with E-state index in [1.54, 1.807) is 12.1 Å². The van der Waals surface area contributed by atoms with E-state index in [0.717, 1.165) is 4.88 Å². The maximum Gasteiger partial charge on any atom is 0.353 e. The van der Waals surface area contributed by atoms with Crippen molar-refractivity contribution in [2.24, 2.45) is 0 Å². The van der Waals surface area contributed by atoms with Crippen LogP contribution in [-0.2, 0) is 0 Å². The monoisotopic (exact) mass is 264 g/mol. The van der Waals surface area contributed by atoms with Gasteiger partial charge in [-0.3, -0.25) is 0 Å². The lowest BCUT2D eigenvalue weighted by Gasteiger charge is -2.06. The first-order valence-electron chi connectivity index (χ1n) is 5.26. The summed E-state index contributed by atoms with van der Waals surface area (Å²) >= 11 is 1.37. The van der Waals surface area contributed by atoms with Gasteiger partial charge in [0, 0.05) is 10.9 Å². The minimum atomic E-state index is -0.433. The van der Waals surface area contributed by atoms with Crippen LogP contribution in [0.1, 0.15) is 14.5 Å². The maximum atomic E-state index is 11.8. The molecule has 2 rings (SSSR count). The molecule has 0 aliphatic rings. The van der Waals surface area contributed by atoms with Gasteiger partial charge in [0.2, 0.25) is 0 Å². The van der Waals surface area contributed by atoms with Gasteiger partial charge in [-0.15, -0.1) is 11.3 Å². The van der Waals surface area contributed by atoms with Crippen LogP contribution >= 0.6 is 11.3 Å². The summed E-state index contributed by atoms with van der Waals surface area (Å²) < 4.78 is 10.1. The number of aromatic hydroxyl groups is 1. The van der Waals surface area contributed by atoms with Crippen LogP contribution < -0.4 is 9.47 Å². The third-order valence-electron chi connectivity index (χ3n) is 2.30. The molecule has 0 aliphatic carbocycles. The zero-order chi connectivity index (χ0) is 13.1. The van der Waals surface area contributed by atoms with Crippen molar-refractivity contribution < 1.29 is 19.4 Å². The Labute approximate surface area is 108 Å².